The van der Waals surface area contributed by atoms with Gasteiger partial charge in [0.05, 0.1) is 18.6 Å². The molecule has 0 spiro atoms. The van der Waals surface area contributed by atoms with Crippen molar-refractivity contribution in [3.63, 3.8) is 0 Å². The van der Waals surface area contributed by atoms with Gasteiger partial charge >= 0.3 is 12.1 Å². The van der Waals surface area contributed by atoms with Crippen LogP contribution in [-0.2, 0) is 15.7 Å². The SMILES string of the molecule is COC(=O)C(C)CN(C)c1ccccc1C(F)(F)F. The van der Waals surface area contributed by atoms with E-state index in [-0.39, 0.29) is 12.2 Å². The first-order valence-corrected chi connectivity index (χ1v) is 5.72. The summed E-state index contributed by atoms with van der Waals surface area (Å²) in [7, 11) is 2.77. The number of hydrogen-bond donors (Lipinski definition) is 0. The molecule has 0 aromatic heterocycles. The molecule has 6 heteroatoms. The van der Waals surface area contributed by atoms with Crippen LogP contribution in [0.3, 0.4) is 0 Å². The molecular formula is C13H16F3NO2. The number of alkyl halides is 3. The van der Waals surface area contributed by atoms with Gasteiger partial charge < -0.3 is 9.64 Å². The first kappa shape index (κ1) is 15.3. The fourth-order valence-corrected chi connectivity index (χ4v) is 1.83. The van der Waals surface area contributed by atoms with E-state index in [2.05, 4.69) is 4.74 Å². The minimum absolute atomic E-state index is 0.0470. The number of anilines is 1. The maximum atomic E-state index is 12.9. The molecule has 0 fully saturated rings. The zero-order valence-corrected chi connectivity index (χ0v) is 11.0. The number of rotatable bonds is 4. The second-order valence-corrected chi connectivity index (χ2v) is 4.32. The first-order valence-electron chi connectivity index (χ1n) is 5.72. The quantitative estimate of drug-likeness (QED) is 0.791. The van der Waals surface area contributed by atoms with Gasteiger partial charge in [-0.1, -0.05) is 19.1 Å². The molecule has 0 saturated heterocycles. The zero-order valence-electron chi connectivity index (χ0n) is 11.0. The van der Waals surface area contributed by atoms with Crippen LogP contribution in [0.15, 0.2) is 24.3 Å². The van der Waals surface area contributed by atoms with Crippen LogP contribution in [0.1, 0.15) is 12.5 Å². The van der Waals surface area contributed by atoms with Crippen molar-refractivity contribution in [3.05, 3.63) is 29.8 Å². The van der Waals surface area contributed by atoms with E-state index in [4.69, 9.17) is 0 Å². The van der Waals surface area contributed by atoms with Crippen molar-refractivity contribution in [2.45, 2.75) is 13.1 Å². The number of nitrogens with zero attached hydrogens (tertiary/aromatic N) is 1. The van der Waals surface area contributed by atoms with Crippen molar-refractivity contribution in [3.8, 4) is 0 Å². The molecular weight excluding hydrogens is 259 g/mol. The highest BCUT2D eigenvalue weighted by Crippen LogP contribution is 2.36. The highest BCUT2D eigenvalue weighted by Gasteiger charge is 2.34. The Morgan fingerprint density at radius 1 is 1.37 bits per heavy atom. The molecule has 0 radical (unpaired) electrons. The predicted octanol–water partition coefficient (Wildman–Crippen LogP) is 2.95. The Bertz CT molecular complexity index is 446. The normalized spacial score (nSPS) is 12.9. The third-order valence-corrected chi connectivity index (χ3v) is 2.77. The molecule has 0 aliphatic rings. The maximum absolute atomic E-state index is 12.9. The number of para-hydroxylation sites is 1. The van der Waals surface area contributed by atoms with Crippen LogP contribution in [0.25, 0.3) is 0 Å². The van der Waals surface area contributed by atoms with Crippen molar-refractivity contribution in [2.24, 2.45) is 5.92 Å². The van der Waals surface area contributed by atoms with E-state index >= 15 is 0 Å². The second-order valence-electron chi connectivity index (χ2n) is 4.32. The maximum Gasteiger partial charge on any atom is 0.418 e. The van der Waals surface area contributed by atoms with Crippen molar-refractivity contribution >= 4 is 11.7 Å². The highest BCUT2D eigenvalue weighted by atomic mass is 19.4. The Labute approximate surface area is 110 Å². The van der Waals surface area contributed by atoms with Gasteiger partial charge in [0.25, 0.3) is 0 Å². The number of benzene rings is 1. The molecule has 1 atom stereocenters. The Kier molecular flexibility index (Phi) is 4.80. The van der Waals surface area contributed by atoms with E-state index in [0.717, 1.165) is 6.07 Å². The monoisotopic (exact) mass is 275 g/mol. The molecule has 1 aromatic rings. The lowest BCUT2D eigenvalue weighted by atomic mass is 10.1. The van der Waals surface area contributed by atoms with Crippen molar-refractivity contribution in [1.82, 2.24) is 0 Å². The van der Waals surface area contributed by atoms with Gasteiger partial charge in [-0.15, -0.1) is 0 Å². The lowest BCUT2D eigenvalue weighted by molar-refractivity contribution is -0.144. The third-order valence-electron chi connectivity index (χ3n) is 2.77. The molecule has 0 saturated carbocycles. The summed E-state index contributed by atoms with van der Waals surface area (Å²) in [6.45, 7) is 1.76. The summed E-state index contributed by atoms with van der Waals surface area (Å²) in [5.41, 5.74) is -0.666. The van der Waals surface area contributed by atoms with E-state index in [1.54, 1.807) is 6.92 Å². The predicted molar refractivity (Wildman–Crippen MR) is 65.9 cm³/mol. The molecule has 1 aromatic carbocycles. The average molecular weight is 275 g/mol. The molecule has 0 heterocycles. The van der Waals surface area contributed by atoms with Gasteiger partial charge in [-0.3, -0.25) is 4.79 Å². The molecule has 106 valence electrons. The molecule has 0 bridgehead atoms. The van der Waals surface area contributed by atoms with Crippen LogP contribution >= 0.6 is 0 Å². The number of esters is 1. The molecule has 19 heavy (non-hydrogen) atoms. The molecule has 0 amide bonds. The number of halogens is 3. The molecule has 0 aliphatic carbocycles. The second kappa shape index (κ2) is 5.95. The third kappa shape index (κ3) is 3.87. The zero-order chi connectivity index (χ0) is 14.6. The lowest BCUT2D eigenvalue weighted by Crippen LogP contribution is -2.30. The van der Waals surface area contributed by atoms with Crippen molar-refractivity contribution < 1.29 is 22.7 Å². The number of carbonyl (C=O) groups excluding carboxylic acids is 1. The van der Waals surface area contributed by atoms with E-state index in [1.807, 2.05) is 0 Å². The van der Waals surface area contributed by atoms with Gasteiger partial charge in [-0.05, 0) is 12.1 Å². The smallest absolute Gasteiger partial charge is 0.418 e. The van der Waals surface area contributed by atoms with Gasteiger partial charge in [-0.2, -0.15) is 13.2 Å². The number of ether oxygens (including phenoxy) is 1. The Morgan fingerprint density at radius 2 is 1.95 bits per heavy atom. The van der Waals surface area contributed by atoms with Crippen LogP contribution in [-0.4, -0.2) is 26.7 Å². The Morgan fingerprint density at radius 3 is 2.47 bits per heavy atom. The number of hydrogen-bond acceptors (Lipinski definition) is 3. The van der Waals surface area contributed by atoms with E-state index in [9.17, 15) is 18.0 Å². The summed E-state index contributed by atoms with van der Waals surface area (Å²) in [4.78, 5) is 12.7. The van der Waals surface area contributed by atoms with E-state index in [1.165, 1.54) is 37.3 Å². The van der Waals surface area contributed by atoms with Crippen LogP contribution in [0.2, 0.25) is 0 Å². The summed E-state index contributed by atoms with van der Waals surface area (Å²) < 4.78 is 43.1. The fraction of sp³-hybridized carbons (Fsp3) is 0.462. The van der Waals surface area contributed by atoms with Gasteiger partial charge in [0.2, 0.25) is 0 Å². The summed E-state index contributed by atoms with van der Waals surface area (Å²) in [5.74, 6) is -0.951. The summed E-state index contributed by atoms with van der Waals surface area (Å²) in [6.07, 6.45) is -4.42. The van der Waals surface area contributed by atoms with Crippen LogP contribution in [0.5, 0.6) is 0 Å². The highest BCUT2D eigenvalue weighted by molar-refractivity contribution is 5.72. The van der Waals surface area contributed by atoms with Gasteiger partial charge in [0.1, 0.15) is 0 Å². The van der Waals surface area contributed by atoms with Crippen LogP contribution < -0.4 is 4.90 Å². The molecule has 0 N–H and O–H groups in total. The topological polar surface area (TPSA) is 29.5 Å². The lowest BCUT2D eigenvalue weighted by Gasteiger charge is -2.25. The minimum Gasteiger partial charge on any atom is -0.469 e. The van der Waals surface area contributed by atoms with Crippen LogP contribution in [0, 0.1) is 5.92 Å². The van der Waals surface area contributed by atoms with Gasteiger partial charge in [0.15, 0.2) is 0 Å². The molecule has 1 rings (SSSR count). The molecule has 1 unspecified atom stereocenters. The first-order chi connectivity index (χ1) is 8.77. The molecule has 3 nitrogen and oxygen atoms in total. The summed E-state index contributed by atoms with van der Waals surface area (Å²) in [6, 6.07) is 5.27. The van der Waals surface area contributed by atoms with Crippen molar-refractivity contribution in [2.75, 3.05) is 25.6 Å². The fourth-order valence-electron chi connectivity index (χ4n) is 1.83. The van der Waals surface area contributed by atoms with Gasteiger partial charge in [-0.25, -0.2) is 0 Å². The summed E-state index contributed by atoms with van der Waals surface area (Å²) >= 11 is 0. The van der Waals surface area contributed by atoms with Crippen molar-refractivity contribution in [1.29, 1.82) is 0 Å². The minimum atomic E-state index is -4.42. The molecule has 0 aliphatic heterocycles. The number of methoxy groups -OCH3 is 1. The van der Waals surface area contributed by atoms with Gasteiger partial charge in [0, 0.05) is 19.3 Å². The standard InChI is InChI=1S/C13H16F3NO2/c1-9(12(18)19-3)8-17(2)11-7-5-4-6-10(11)13(14,15)16/h4-7,9H,8H2,1-3H3. The Hall–Kier alpha value is -1.72. The van der Waals surface area contributed by atoms with E-state index < -0.39 is 23.6 Å². The average Bonchev–Trinajstić information content (AvgIpc) is 2.36. The Balaban J connectivity index is 2.94. The van der Waals surface area contributed by atoms with E-state index in [0.29, 0.717) is 0 Å². The largest absolute Gasteiger partial charge is 0.469 e. The van der Waals surface area contributed by atoms with Crippen LogP contribution in [0.4, 0.5) is 18.9 Å². The number of carbonyl (C=O) groups is 1. The summed E-state index contributed by atoms with van der Waals surface area (Å²) in [5, 5.41) is 0.